The molecule has 0 amide bonds. The number of rotatable bonds is 2. The predicted molar refractivity (Wildman–Crippen MR) is 107 cm³/mol. The molecule has 3 heteroatoms. The van der Waals surface area contributed by atoms with Gasteiger partial charge in [-0.1, -0.05) is 64.0 Å². The quantitative estimate of drug-likeness (QED) is 0.429. The summed E-state index contributed by atoms with van der Waals surface area (Å²) in [6.45, 7) is 2.06. The van der Waals surface area contributed by atoms with Gasteiger partial charge < -0.3 is 4.57 Å². The Kier molecular flexibility index (Phi) is 4.02. The molecule has 0 fully saturated rings. The molecule has 2 nitrogen and oxygen atoms in total. The number of para-hydroxylation sites is 1. The minimum absolute atomic E-state index is 0.0393. The largest absolute Gasteiger partial charge is 0.309 e. The summed E-state index contributed by atoms with van der Waals surface area (Å²) in [5, 5.41) is 0.721. The van der Waals surface area contributed by atoms with E-state index in [2.05, 4.69) is 63.8 Å². The van der Waals surface area contributed by atoms with Crippen molar-refractivity contribution in [3.8, 4) is 16.9 Å². The first-order valence-electron chi connectivity index (χ1n) is 8.11. The summed E-state index contributed by atoms with van der Waals surface area (Å²) in [6, 6.07) is 25.9. The van der Waals surface area contributed by atoms with Crippen LogP contribution in [-0.2, 0) is 0 Å². The van der Waals surface area contributed by atoms with Crippen molar-refractivity contribution in [3.05, 3.63) is 99.1 Å². The van der Waals surface area contributed by atoms with Crippen molar-refractivity contribution in [3.63, 3.8) is 0 Å². The highest BCUT2D eigenvalue weighted by Crippen LogP contribution is 2.28. The van der Waals surface area contributed by atoms with Crippen LogP contribution in [0.3, 0.4) is 0 Å². The van der Waals surface area contributed by atoms with Gasteiger partial charge in [0, 0.05) is 21.6 Å². The van der Waals surface area contributed by atoms with E-state index < -0.39 is 0 Å². The summed E-state index contributed by atoms with van der Waals surface area (Å²) >= 11 is 3.55. The fourth-order valence-corrected chi connectivity index (χ4v) is 3.49. The molecule has 1 heterocycles. The van der Waals surface area contributed by atoms with Crippen LogP contribution in [0.2, 0.25) is 0 Å². The second kappa shape index (κ2) is 6.34. The first-order chi connectivity index (χ1) is 12.1. The monoisotopic (exact) mass is 389 g/mol. The van der Waals surface area contributed by atoms with Crippen LogP contribution in [0.15, 0.2) is 88.1 Å². The van der Waals surface area contributed by atoms with Crippen molar-refractivity contribution in [1.82, 2.24) is 4.57 Å². The van der Waals surface area contributed by atoms with Gasteiger partial charge in [0.2, 0.25) is 0 Å². The fourth-order valence-electron chi connectivity index (χ4n) is 3.10. The molecule has 1 aromatic heterocycles. The number of fused-ring (bicyclic) bond motifs is 1. The van der Waals surface area contributed by atoms with E-state index in [0.717, 1.165) is 32.3 Å². The zero-order valence-electron chi connectivity index (χ0n) is 13.7. The highest BCUT2D eigenvalue weighted by molar-refractivity contribution is 9.10. The minimum atomic E-state index is 0.0393. The van der Waals surface area contributed by atoms with Crippen LogP contribution in [0, 0.1) is 6.92 Å². The van der Waals surface area contributed by atoms with Crippen LogP contribution in [-0.4, -0.2) is 4.57 Å². The molecule has 0 radical (unpaired) electrons. The first kappa shape index (κ1) is 15.9. The van der Waals surface area contributed by atoms with Crippen molar-refractivity contribution in [1.29, 1.82) is 0 Å². The van der Waals surface area contributed by atoms with Gasteiger partial charge in [-0.15, -0.1) is 0 Å². The van der Waals surface area contributed by atoms with Gasteiger partial charge in [0.15, 0.2) is 5.43 Å². The number of hydrogen-bond acceptors (Lipinski definition) is 1. The van der Waals surface area contributed by atoms with Gasteiger partial charge in [0.25, 0.3) is 0 Å². The van der Waals surface area contributed by atoms with Gasteiger partial charge in [-0.2, -0.15) is 0 Å². The fraction of sp³-hybridized carbons (Fsp3) is 0.0455. The molecule has 4 rings (SSSR count). The molecule has 0 N–H and O–H groups in total. The zero-order chi connectivity index (χ0) is 17.4. The molecular weight excluding hydrogens is 374 g/mol. The third-order valence-corrected chi connectivity index (χ3v) is 4.83. The Labute approximate surface area is 154 Å². The standard InChI is InChI=1S/C22H16BrNO/c1-15-9-11-16(12-10-15)21-14-22(25)19-7-2-3-8-20(19)24(21)18-6-4-5-17(23)13-18/h2-14H,1H3. The van der Waals surface area contributed by atoms with Gasteiger partial charge in [0.05, 0.1) is 11.2 Å². The summed E-state index contributed by atoms with van der Waals surface area (Å²) < 4.78 is 3.15. The molecule has 4 aromatic rings. The Morgan fingerprint density at radius 1 is 0.840 bits per heavy atom. The first-order valence-corrected chi connectivity index (χ1v) is 8.90. The van der Waals surface area contributed by atoms with E-state index in [1.807, 2.05) is 36.4 Å². The summed E-state index contributed by atoms with van der Waals surface area (Å²) in [5.74, 6) is 0. The van der Waals surface area contributed by atoms with Crippen molar-refractivity contribution in [2.24, 2.45) is 0 Å². The number of aryl methyl sites for hydroxylation is 1. The molecule has 122 valence electrons. The van der Waals surface area contributed by atoms with Gasteiger partial charge >= 0.3 is 0 Å². The van der Waals surface area contributed by atoms with Crippen LogP contribution in [0.1, 0.15) is 5.56 Å². The Bertz CT molecular complexity index is 1130. The number of pyridine rings is 1. The van der Waals surface area contributed by atoms with Crippen molar-refractivity contribution in [2.45, 2.75) is 6.92 Å². The van der Waals surface area contributed by atoms with Gasteiger partial charge in [0.1, 0.15) is 0 Å². The number of benzene rings is 3. The summed E-state index contributed by atoms with van der Waals surface area (Å²) in [6.07, 6.45) is 0. The van der Waals surface area contributed by atoms with E-state index in [1.165, 1.54) is 5.56 Å². The van der Waals surface area contributed by atoms with E-state index >= 15 is 0 Å². The molecule has 0 saturated heterocycles. The van der Waals surface area contributed by atoms with Crippen LogP contribution in [0.4, 0.5) is 0 Å². The molecule has 0 aliphatic carbocycles. The van der Waals surface area contributed by atoms with Gasteiger partial charge in [-0.3, -0.25) is 4.79 Å². The summed E-state index contributed by atoms with van der Waals surface area (Å²) in [4.78, 5) is 12.7. The molecule has 3 aromatic carbocycles. The third kappa shape index (κ3) is 2.92. The van der Waals surface area contributed by atoms with Gasteiger partial charge in [-0.25, -0.2) is 0 Å². The average molecular weight is 390 g/mol. The zero-order valence-corrected chi connectivity index (χ0v) is 15.3. The van der Waals surface area contributed by atoms with Crippen LogP contribution in [0.5, 0.6) is 0 Å². The normalized spacial score (nSPS) is 11.0. The lowest BCUT2D eigenvalue weighted by molar-refractivity contribution is 1.10. The van der Waals surface area contributed by atoms with Crippen molar-refractivity contribution in [2.75, 3.05) is 0 Å². The maximum atomic E-state index is 12.7. The van der Waals surface area contributed by atoms with Gasteiger partial charge in [-0.05, 0) is 42.8 Å². The second-order valence-corrected chi connectivity index (χ2v) is 7.01. The smallest absolute Gasteiger partial charge is 0.190 e. The Hall–Kier alpha value is -2.65. The highest BCUT2D eigenvalue weighted by Gasteiger charge is 2.12. The van der Waals surface area contributed by atoms with E-state index in [-0.39, 0.29) is 5.43 Å². The molecule has 0 bridgehead atoms. The number of aromatic nitrogens is 1. The van der Waals surface area contributed by atoms with Crippen molar-refractivity contribution < 1.29 is 0 Å². The maximum absolute atomic E-state index is 12.7. The summed E-state index contributed by atoms with van der Waals surface area (Å²) in [5.41, 5.74) is 5.07. The predicted octanol–water partition coefficient (Wildman–Crippen LogP) is 5.73. The topological polar surface area (TPSA) is 22.0 Å². The highest BCUT2D eigenvalue weighted by atomic mass is 79.9. The summed E-state index contributed by atoms with van der Waals surface area (Å²) in [7, 11) is 0. The lowest BCUT2D eigenvalue weighted by atomic mass is 10.1. The van der Waals surface area contributed by atoms with Crippen LogP contribution >= 0.6 is 15.9 Å². The maximum Gasteiger partial charge on any atom is 0.190 e. The Morgan fingerprint density at radius 3 is 2.36 bits per heavy atom. The average Bonchev–Trinajstić information content (AvgIpc) is 2.62. The number of hydrogen-bond donors (Lipinski definition) is 0. The SMILES string of the molecule is Cc1ccc(-c2cc(=O)c3ccccc3n2-c2cccc(Br)c2)cc1. The number of nitrogens with zero attached hydrogens (tertiary/aromatic N) is 1. The van der Waals surface area contributed by atoms with E-state index in [0.29, 0.717) is 0 Å². The Morgan fingerprint density at radius 2 is 1.60 bits per heavy atom. The molecule has 25 heavy (non-hydrogen) atoms. The van der Waals surface area contributed by atoms with E-state index in [9.17, 15) is 4.79 Å². The van der Waals surface area contributed by atoms with Crippen molar-refractivity contribution >= 4 is 26.8 Å². The second-order valence-electron chi connectivity index (χ2n) is 6.09. The van der Waals surface area contributed by atoms with Crippen LogP contribution in [0.25, 0.3) is 27.8 Å². The van der Waals surface area contributed by atoms with E-state index in [4.69, 9.17) is 0 Å². The molecule has 0 saturated carbocycles. The molecule has 0 aliphatic heterocycles. The van der Waals surface area contributed by atoms with Crippen LogP contribution < -0.4 is 5.43 Å². The lowest BCUT2D eigenvalue weighted by Gasteiger charge is -2.18. The molecular formula is C22H16BrNO. The molecule has 0 unspecified atom stereocenters. The molecule has 0 atom stereocenters. The lowest BCUT2D eigenvalue weighted by Crippen LogP contribution is -2.10. The number of halogens is 1. The molecule has 0 spiro atoms. The third-order valence-electron chi connectivity index (χ3n) is 4.33. The van der Waals surface area contributed by atoms with E-state index in [1.54, 1.807) is 6.07 Å². The minimum Gasteiger partial charge on any atom is -0.309 e. The molecule has 0 aliphatic rings. The Balaban J connectivity index is 2.13.